The van der Waals surface area contributed by atoms with E-state index in [9.17, 15) is 14.4 Å². The number of hydrogen-bond donors (Lipinski definition) is 1. The van der Waals surface area contributed by atoms with Gasteiger partial charge in [0.25, 0.3) is 11.1 Å². The number of benzene rings is 4. The fourth-order valence-corrected chi connectivity index (χ4v) is 4.65. The van der Waals surface area contributed by atoms with Gasteiger partial charge in [0.2, 0.25) is 5.91 Å². The van der Waals surface area contributed by atoms with Gasteiger partial charge in [-0.1, -0.05) is 66.7 Å². The minimum atomic E-state index is -0.482. The molecule has 0 bridgehead atoms. The Morgan fingerprint density at radius 2 is 1.58 bits per heavy atom. The second kappa shape index (κ2) is 10.5. The number of ether oxygens (including phenoxy) is 1. The van der Waals surface area contributed by atoms with Gasteiger partial charge in [-0.15, -0.1) is 0 Å². The Hall–Kier alpha value is -4.36. The van der Waals surface area contributed by atoms with Crippen LogP contribution in [0.15, 0.2) is 102 Å². The van der Waals surface area contributed by atoms with Crippen molar-refractivity contribution in [2.24, 2.45) is 0 Å². The van der Waals surface area contributed by atoms with Crippen LogP contribution in [0.25, 0.3) is 16.8 Å². The van der Waals surface area contributed by atoms with Gasteiger partial charge in [-0.2, -0.15) is 0 Å². The summed E-state index contributed by atoms with van der Waals surface area (Å²) in [6.45, 7) is 0.104. The van der Waals surface area contributed by atoms with Crippen molar-refractivity contribution < 1.29 is 19.1 Å². The Morgan fingerprint density at radius 3 is 2.36 bits per heavy atom. The lowest BCUT2D eigenvalue weighted by Crippen LogP contribution is -2.36. The molecule has 1 aliphatic rings. The quantitative estimate of drug-likeness (QED) is 0.315. The summed E-state index contributed by atoms with van der Waals surface area (Å²) in [5.41, 5.74) is 2.43. The minimum absolute atomic E-state index is 0.275. The number of imide groups is 1. The predicted molar refractivity (Wildman–Crippen MR) is 142 cm³/mol. The van der Waals surface area contributed by atoms with Gasteiger partial charge >= 0.3 is 0 Å². The lowest BCUT2D eigenvalue weighted by Gasteiger charge is -2.12. The molecule has 0 unspecified atom stereocenters. The van der Waals surface area contributed by atoms with Crippen molar-refractivity contribution in [2.45, 2.75) is 6.61 Å². The number of rotatable bonds is 7. The average Bonchev–Trinajstić information content (AvgIpc) is 3.16. The number of thioether (sulfide) groups is 1. The smallest absolute Gasteiger partial charge is 0.294 e. The summed E-state index contributed by atoms with van der Waals surface area (Å²) in [7, 11) is 0. The van der Waals surface area contributed by atoms with Crippen LogP contribution in [0.5, 0.6) is 5.75 Å². The van der Waals surface area contributed by atoms with E-state index >= 15 is 0 Å². The predicted octanol–water partition coefficient (Wildman–Crippen LogP) is 6.09. The molecular weight excluding hydrogens is 472 g/mol. The van der Waals surface area contributed by atoms with Gasteiger partial charge in [0.15, 0.2) is 0 Å². The highest BCUT2D eigenvalue weighted by Crippen LogP contribution is 2.32. The van der Waals surface area contributed by atoms with Gasteiger partial charge in [0.05, 0.1) is 4.91 Å². The van der Waals surface area contributed by atoms with Crippen molar-refractivity contribution in [1.29, 1.82) is 0 Å². The van der Waals surface area contributed by atoms with E-state index in [-0.39, 0.29) is 11.4 Å². The maximum atomic E-state index is 12.7. The van der Waals surface area contributed by atoms with Crippen LogP contribution in [0.2, 0.25) is 0 Å². The Bertz CT molecular complexity index is 1470. The lowest BCUT2D eigenvalue weighted by atomic mass is 10.1. The fourth-order valence-electron chi connectivity index (χ4n) is 3.81. The first-order chi connectivity index (χ1) is 17.5. The van der Waals surface area contributed by atoms with Gasteiger partial charge in [-0.05, 0) is 70.1 Å². The van der Waals surface area contributed by atoms with Gasteiger partial charge in [-0.25, -0.2) is 0 Å². The zero-order chi connectivity index (χ0) is 24.9. The summed E-state index contributed by atoms with van der Waals surface area (Å²) in [4.78, 5) is 38.6. The molecule has 1 N–H and O–H groups in total. The second-order valence-corrected chi connectivity index (χ2v) is 9.21. The molecule has 7 heteroatoms. The van der Waals surface area contributed by atoms with E-state index in [1.807, 2.05) is 48.5 Å². The van der Waals surface area contributed by atoms with Crippen LogP contribution in [0.3, 0.4) is 0 Å². The second-order valence-electron chi connectivity index (χ2n) is 8.22. The van der Waals surface area contributed by atoms with Crippen molar-refractivity contribution in [3.63, 3.8) is 0 Å². The van der Waals surface area contributed by atoms with E-state index in [4.69, 9.17) is 4.74 Å². The molecule has 0 saturated carbocycles. The third kappa shape index (κ3) is 5.47. The normalized spacial score (nSPS) is 14.4. The summed E-state index contributed by atoms with van der Waals surface area (Å²) in [6.07, 6.45) is 1.65. The number of nitrogens with one attached hydrogen (secondary N) is 1. The molecule has 5 rings (SSSR count). The van der Waals surface area contributed by atoms with Crippen LogP contribution < -0.4 is 10.1 Å². The number of anilines is 1. The van der Waals surface area contributed by atoms with E-state index in [1.54, 1.807) is 30.3 Å². The molecule has 0 aliphatic carbocycles. The number of para-hydroxylation sites is 1. The molecule has 0 aromatic heterocycles. The molecule has 1 aliphatic heterocycles. The summed E-state index contributed by atoms with van der Waals surface area (Å²) in [6, 6.07) is 30.6. The van der Waals surface area contributed by atoms with Gasteiger partial charge in [-0.3, -0.25) is 19.3 Å². The molecule has 3 amide bonds. The third-order valence-corrected chi connectivity index (χ3v) is 6.54. The summed E-state index contributed by atoms with van der Waals surface area (Å²) in [5, 5.41) is 4.57. The summed E-state index contributed by atoms with van der Waals surface area (Å²) >= 11 is 0.825. The molecule has 178 valence electrons. The highest BCUT2D eigenvalue weighted by Gasteiger charge is 2.36. The van der Waals surface area contributed by atoms with Crippen molar-refractivity contribution in [3.05, 3.63) is 113 Å². The molecule has 1 saturated heterocycles. The van der Waals surface area contributed by atoms with Crippen LogP contribution in [0.4, 0.5) is 10.5 Å². The molecule has 4 aromatic carbocycles. The molecule has 36 heavy (non-hydrogen) atoms. The molecule has 4 aromatic rings. The van der Waals surface area contributed by atoms with Gasteiger partial charge in [0.1, 0.15) is 18.9 Å². The molecule has 0 spiro atoms. The van der Waals surface area contributed by atoms with Crippen molar-refractivity contribution in [2.75, 3.05) is 11.9 Å². The van der Waals surface area contributed by atoms with Gasteiger partial charge < -0.3 is 10.1 Å². The number of hydrogen-bond acceptors (Lipinski definition) is 5. The summed E-state index contributed by atoms with van der Waals surface area (Å²) < 4.78 is 5.91. The molecule has 0 radical (unpaired) electrons. The molecule has 0 atom stereocenters. The van der Waals surface area contributed by atoms with E-state index in [0.717, 1.165) is 27.8 Å². The molecular formula is C29H22N2O4S. The Labute approximate surface area is 212 Å². The molecule has 1 heterocycles. The number of nitrogens with zero attached hydrogens (tertiary/aromatic N) is 1. The topological polar surface area (TPSA) is 75.7 Å². The van der Waals surface area contributed by atoms with Crippen LogP contribution >= 0.6 is 11.8 Å². The van der Waals surface area contributed by atoms with Crippen LogP contribution in [-0.4, -0.2) is 28.5 Å². The zero-order valence-electron chi connectivity index (χ0n) is 19.2. The lowest BCUT2D eigenvalue weighted by molar-refractivity contribution is -0.127. The van der Waals surface area contributed by atoms with Crippen molar-refractivity contribution in [1.82, 2.24) is 4.90 Å². The first kappa shape index (κ1) is 23.4. The van der Waals surface area contributed by atoms with Crippen molar-refractivity contribution >= 4 is 51.4 Å². The first-order valence-corrected chi connectivity index (χ1v) is 12.2. The maximum absolute atomic E-state index is 12.7. The van der Waals surface area contributed by atoms with E-state index in [0.29, 0.717) is 18.0 Å². The maximum Gasteiger partial charge on any atom is 0.294 e. The van der Waals surface area contributed by atoms with E-state index in [2.05, 4.69) is 29.6 Å². The zero-order valence-corrected chi connectivity index (χ0v) is 20.0. The first-order valence-electron chi connectivity index (χ1n) is 11.4. The minimum Gasteiger partial charge on any atom is -0.489 e. The Kier molecular flexibility index (Phi) is 6.82. The largest absolute Gasteiger partial charge is 0.489 e. The number of amides is 3. The van der Waals surface area contributed by atoms with E-state index < -0.39 is 17.1 Å². The van der Waals surface area contributed by atoms with E-state index in [1.165, 1.54) is 10.8 Å². The van der Waals surface area contributed by atoms with Crippen molar-refractivity contribution in [3.8, 4) is 5.75 Å². The van der Waals surface area contributed by atoms with Crippen LogP contribution in [-0.2, 0) is 16.2 Å². The van der Waals surface area contributed by atoms with Crippen LogP contribution in [0.1, 0.15) is 11.1 Å². The summed E-state index contributed by atoms with van der Waals surface area (Å²) in [5.74, 6) is -0.214. The monoisotopic (exact) mass is 494 g/mol. The third-order valence-electron chi connectivity index (χ3n) is 5.63. The standard InChI is InChI=1S/C29H22N2O4S/c32-27(30-24-8-2-1-3-9-24)18-31-28(33)26(36-29(31)34)17-20-11-14-25(15-12-20)35-19-21-10-13-22-6-4-5-7-23(22)16-21/h1-17H,18-19H2,(H,30,32)/b26-17-. The van der Waals surface area contributed by atoms with Gasteiger partial charge in [0, 0.05) is 5.69 Å². The SMILES string of the molecule is O=C(CN1C(=O)S/C(=C\c2ccc(OCc3ccc4ccccc4c3)cc2)C1=O)Nc1ccccc1. The number of carbonyl (C=O) groups is 3. The molecule has 6 nitrogen and oxygen atoms in total. The van der Waals surface area contributed by atoms with Crippen LogP contribution in [0, 0.1) is 0 Å². The Balaban J connectivity index is 1.19. The fraction of sp³-hybridized carbons (Fsp3) is 0.0690. The molecule has 1 fully saturated rings. The number of fused-ring (bicyclic) bond motifs is 1. The Morgan fingerprint density at radius 1 is 0.861 bits per heavy atom. The highest BCUT2D eigenvalue weighted by atomic mass is 32.2. The highest BCUT2D eigenvalue weighted by molar-refractivity contribution is 8.18. The number of carbonyl (C=O) groups excluding carboxylic acids is 3. The average molecular weight is 495 g/mol.